The Morgan fingerprint density at radius 1 is 1.50 bits per heavy atom. The van der Waals surface area contributed by atoms with Crippen LogP contribution < -0.4 is 0 Å². The fourth-order valence-corrected chi connectivity index (χ4v) is 1.25. The van der Waals surface area contributed by atoms with E-state index >= 15 is 0 Å². The lowest BCUT2D eigenvalue weighted by molar-refractivity contribution is 0.724. The summed E-state index contributed by atoms with van der Waals surface area (Å²) in [5, 5.41) is 0.354. The SMILES string of the molecule is [B]C12CC1(C)C2. The van der Waals surface area contributed by atoms with Crippen molar-refractivity contribution in [2.24, 2.45) is 5.41 Å². The fraction of sp³-hybridized carbons (Fsp3) is 1.00. The van der Waals surface area contributed by atoms with Crippen LogP contribution in [0.2, 0.25) is 5.31 Å². The highest BCUT2D eigenvalue weighted by Gasteiger charge is 2.75. The van der Waals surface area contributed by atoms with E-state index in [1.165, 1.54) is 12.8 Å². The van der Waals surface area contributed by atoms with Crippen molar-refractivity contribution >= 4 is 7.85 Å². The summed E-state index contributed by atoms with van der Waals surface area (Å²) in [6.45, 7) is 2.26. The smallest absolute Gasteiger partial charge is 0.0598 e. The van der Waals surface area contributed by atoms with Gasteiger partial charge in [-0.15, -0.1) is 0 Å². The van der Waals surface area contributed by atoms with Gasteiger partial charge < -0.3 is 0 Å². The van der Waals surface area contributed by atoms with Crippen molar-refractivity contribution in [3.63, 3.8) is 0 Å². The zero-order chi connectivity index (χ0) is 4.41. The first-order valence-corrected chi connectivity index (χ1v) is 2.45. The van der Waals surface area contributed by atoms with Gasteiger partial charge in [-0.25, -0.2) is 0 Å². The van der Waals surface area contributed by atoms with Gasteiger partial charge in [-0.3, -0.25) is 0 Å². The maximum absolute atomic E-state index is 5.67. The first-order valence-electron chi connectivity index (χ1n) is 2.45. The minimum atomic E-state index is 0.354. The quantitative estimate of drug-likeness (QED) is 0.381. The van der Waals surface area contributed by atoms with Crippen molar-refractivity contribution in [2.45, 2.75) is 25.1 Å². The Hall–Kier alpha value is 0.0649. The van der Waals surface area contributed by atoms with E-state index < -0.39 is 0 Å². The Balaban J connectivity index is 2.34. The first-order chi connectivity index (χ1) is 2.66. The molecule has 2 aliphatic carbocycles. The summed E-state index contributed by atoms with van der Waals surface area (Å²) in [5.74, 6) is 0. The van der Waals surface area contributed by atoms with Crippen molar-refractivity contribution in [2.75, 3.05) is 0 Å². The molecular weight excluding hydrogens is 70.9 g/mol. The Bertz CT molecular complexity index is 88.5. The molecule has 0 saturated heterocycles. The Kier molecular flexibility index (Phi) is 0.220. The minimum absolute atomic E-state index is 0.354. The molecule has 0 aromatic rings. The molecular formula is C5H7B. The van der Waals surface area contributed by atoms with E-state index in [9.17, 15) is 0 Å². The fourth-order valence-electron chi connectivity index (χ4n) is 1.25. The molecule has 2 saturated carbocycles. The summed E-state index contributed by atoms with van der Waals surface area (Å²) >= 11 is 0. The van der Waals surface area contributed by atoms with Crippen molar-refractivity contribution in [3.05, 3.63) is 0 Å². The molecule has 0 unspecified atom stereocenters. The molecule has 6 heavy (non-hydrogen) atoms. The molecule has 2 fully saturated rings. The van der Waals surface area contributed by atoms with Crippen LogP contribution in [-0.2, 0) is 0 Å². The number of hydrogen-bond donors (Lipinski definition) is 0. The van der Waals surface area contributed by atoms with Crippen LogP contribution in [-0.4, -0.2) is 7.85 Å². The lowest BCUT2D eigenvalue weighted by Gasteiger charge is -1.83. The zero-order valence-electron chi connectivity index (χ0n) is 3.99. The van der Waals surface area contributed by atoms with Gasteiger partial charge in [-0.1, -0.05) is 12.2 Å². The molecule has 0 amide bonds. The van der Waals surface area contributed by atoms with Crippen LogP contribution in [0.25, 0.3) is 0 Å². The summed E-state index contributed by atoms with van der Waals surface area (Å²) in [6, 6.07) is 0. The molecule has 0 N–H and O–H groups in total. The third-order valence-electron chi connectivity index (χ3n) is 2.36. The van der Waals surface area contributed by atoms with Crippen LogP contribution in [0.1, 0.15) is 19.8 Å². The van der Waals surface area contributed by atoms with Crippen molar-refractivity contribution in [1.29, 1.82) is 0 Å². The molecule has 0 spiro atoms. The normalized spacial score (nSPS) is 72.8. The summed E-state index contributed by atoms with van der Waals surface area (Å²) < 4.78 is 0. The minimum Gasteiger partial charge on any atom is -0.0598 e. The van der Waals surface area contributed by atoms with Crippen molar-refractivity contribution in [1.82, 2.24) is 0 Å². The zero-order valence-corrected chi connectivity index (χ0v) is 3.99. The predicted molar refractivity (Wildman–Crippen MR) is 25.8 cm³/mol. The Morgan fingerprint density at radius 2 is 1.67 bits per heavy atom. The van der Waals surface area contributed by atoms with Crippen LogP contribution in [0.5, 0.6) is 0 Å². The topological polar surface area (TPSA) is 0 Å². The van der Waals surface area contributed by atoms with E-state index in [1.54, 1.807) is 0 Å². The van der Waals surface area contributed by atoms with E-state index in [-0.39, 0.29) is 0 Å². The average Bonchev–Trinajstić information content (AvgIpc) is 1.78. The molecule has 0 bridgehead atoms. The highest BCUT2D eigenvalue weighted by Crippen LogP contribution is 2.90. The van der Waals surface area contributed by atoms with Gasteiger partial charge in [-0.2, -0.15) is 0 Å². The Morgan fingerprint density at radius 3 is 1.67 bits per heavy atom. The molecule has 1 heteroatoms. The summed E-state index contributed by atoms with van der Waals surface area (Å²) in [6.07, 6.45) is 2.58. The van der Waals surface area contributed by atoms with E-state index in [0.717, 1.165) is 0 Å². The molecule has 30 valence electrons. The third kappa shape index (κ3) is 0.131. The Labute approximate surface area is 39.3 Å². The van der Waals surface area contributed by atoms with Gasteiger partial charge in [0, 0.05) is 0 Å². The van der Waals surface area contributed by atoms with E-state index in [2.05, 4.69) is 6.92 Å². The van der Waals surface area contributed by atoms with Crippen molar-refractivity contribution < 1.29 is 0 Å². The molecule has 2 rings (SSSR count). The molecule has 0 aromatic heterocycles. The van der Waals surface area contributed by atoms with Gasteiger partial charge in [0.05, 0.1) is 7.85 Å². The van der Waals surface area contributed by atoms with E-state index in [0.29, 0.717) is 10.7 Å². The molecule has 0 nitrogen and oxygen atoms in total. The number of rotatable bonds is 0. The second-order valence-electron chi connectivity index (χ2n) is 3.07. The highest BCUT2D eigenvalue weighted by atomic mass is 14.8. The van der Waals surface area contributed by atoms with Crippen LogP contribution >= 0.6 is 0 Å². The molecule has 0 aromatic carbocycles. The monoisotopic (exact) mass is 78.1 g/mol. The van der Waals surface area contributed by atoms with Crippen molar-refractivity contribution in [3.8, 4) is 0 Å². The lowest BCUT2D eigenvalue weighted by atomic mass is 9.92. The lowest BCUT2D eigenvalue weighted by Crippen LogP contribution is -1.70. The van der Waals surface area contributed by atoms with Crippen LogP contribution in [0, 0.1) is 5.41 Å². The van der Waals surface area contributed by atoms with Gasteiger partial charge in [0.15, 0.2) is 0 Å². The summed E-state index contributed by atoms with van der Waals surface area (Å²) in [4.78, 5) is 0. The maximum atomic E-state index is 5.67. The van der Waals surface area contributed by atoms with Gasteiger partial charge in [-0.05, 0) is 18.3 Å². The van der Waals surface area contributed by atoms with Gasteiger partial charge >= 0.3 is 0 Å². The molecule has 2 radical (unpaired) electrons. The molecule has 0 aliphatic heterocycles. The van der Waals surface area contributed by atoms with E-state index in [1.807, 2.05) is 0 Å². The van der Waals surface area contributed by atoms with Gasteiger partial charge in [0.1, 0.15) is 0 Å². The second kappa shape index (κ2) is 0.423. The van der Waals surface area contributed by atoms with E-state index in [4.69, 9.17) is 7.85 Å². The molecule has 2 aliphatic rings. The van der Waals surface area contributed by atoms with Gasteiger partial charge in [0.2, 0.25) is 0 Å². The van der Waals surface area contributed by atoms with Crippen LogP contribution in [0.4, 0.5) is 0 Å². The van der Waals surface area contributed by atoms with Crippen LogP contribution in [0.15, 0.2) is 0 Å². The first kappa shape index (κ1) is 3.12. The standard InChI is InChI=1S/C5H7B/c1-4-2-5(4,6)3-4/h2-3H2,1H3. The highest BCUT2D eigenvalue weighted by molar-refractivity contribution is 6.21. The summed E-state index contributed by atoms with van der Waals surface area (Å²) in [7, 11) is 5.67. The molecule has 0 heterocycles. The number of fused-ring (bicyclic) bond motifs is 1. The predicted octanol–water partition coefficient (Wildman–Crippen LogP) is 1.13. The largest absolute Gasteiger partial charge is 0.0754 e. The molecule has 0 atom stereocenters. The average molecular weight is 77.9 g/mol. The number of hydrogen-bond acceptors (Lipinski definition) is 0. The van der Waals surface area contributed by atoms with Gasteiger partial charge in [0.25, 0.3) is 0 Å². The second-order valence-corrected chi connectivity index (χ2v) is 3.07. The summed E-state index contributed by atoms with van der Waals surface area (Å²) in [5.41, 5.74) is 0.632. The maximum Gasteiger partial charge on any atom is 0.0754 e. The third-order valence-corrected chi connectivity index (χ3v) is 2.36. The van der Waals surface area contributed by atoms with Crippen LogP contribution in [0.3, 0.4) is 0 Å².